The lowest BCUT2D eigenvalue weighted by molar-refractivity contribution is -0.136. The van der Waals surface area contributed by atoms with Crippen LogP contribution in [-0.2, 0) is 11.2 Å². The molecule has 0 aliphatic rings. The largest absolute Gasteiger partial charge is 0.505 e. The van der Waals surface area contributed by atoms with Crippen molar-refractivity contribution >= 4 is 5.97 Å². The van der Waals surface area contributed by atoms with E-state index in [-0.39, 0.29) is 0 Å². The highest BCUT2D eigenvalue weighted by Gasteiger charge is 2.19. The standard InChI is InChI=1S/C8H5F3O3/c9-4-1-3(2-5(12)13)8(14)7(11)6(4)10/h1,14H,2H2,(H,12,13). The van der Waals surface area contributed by atoms with E-state index in [4.69, 9.17) is 10.2 Å². The molecule has 0 radical (unpaired) electrons. The van der Waals surface area contributed by atoms with Gasteiger partial charge in [-0.3, -0.25) is 4.79 Å². The maximum Gasteiger partial charge on any atom is 0.307 e. The number of phenols is 1. The molecule has 0 fully saturated rings. The average molecular weight is 206 g/mol. The molecular formula is C8H5F3O3. The fourth-order valence-corrected chi connectivity index (χ4v) is 0.932. The van der Waals surface area contributed by atoms with Crippen LogP contribution in [0.25, 0.3) is 0 Å². The molecule has 14 heavy (non-hydrogen) atoms. The SMILES string of the molecule is O=C(O)Cc1cc(F)c(F)c(F)c1O. The van der Waals surface area contributed by atoms with Gasteiger partial charge in [-0.2, -0.15) is 4.39 Å². The molecule has 0 bridgehead atoms. The van der Waals surface area contributed by atoms with Crippen molar-refractivity contribution in [1.29, 1.82) is 0 Å². The van der Waals surface area contributed by atoms with Crippen LogP contribution in [0.3, 0.4) is 0 Å². The normalized spacial score (nSPS) is 10.2. The molecular weight excluding hydrogens is 201 g/mol. The molecule has 1 aromatic carbocycles. The molecule has 2 N–H and O–H groups in total. The molecule has 0 aliphatic heterocycles. The average Bonchev–Trinajstić information content (AvgIpc) is 2.10. The van der Waals surface area contributed by atoms with Gasteiger partial charge in [0.25, 0.3) is 0 Å². The Morgan fingerprint density at radius 3 is 2.36 bits per heavy atom. The van der Waals surface area contributed by atoms with Crippen LogP contribution in [0.5, 0.6) is 5.75 Å². The van der Waals surface area contributed by atoms with Gasteiger partial charge in [-0.25, -0.2) is 8.78 Å². The van der Waals surface area contributed by atoms with Gasteiger partial charge in [0.2, 0.25) is 5.82 Å². The minimum Gasteiger partial charge on any atom is -0.505 e. The monoisotopic (exact) mass is 206 g/mol. The molecule has 0 heterocycles. The van der Waals surface area contributed by atoms with E-state index >= 15 is 0 Å². The second-order valence-electron chi connectivity index (χ2n) is 2.56. The quantitative estimate of drug-likeness (QED) is 0.719. The molecule has 0 atom stereocenters. The zero-order chi connectivity index (χ0) is 10.9. The van der Waals surface area contributed by atoms with E-state index in [2.05, 4.69) is 0 Å². The van der Waals surface area contributed by atoms with E-state index in [1.807, 2.05) is 0 Å². The van der Waals surface area contributed by atoms with Gasteiger partial charge in [0.15, 0.2) is 17.4 Å². The first-order valence-corrected chi connectivity index (χ1v) is 3.50. The van der Waals surface area contributed by atoms with Gasteiger partial charge < -0.3 is 10.2 Å². The van der Waals surface area contributed by atoms with E-state index in [1.54, 1.807) is 0 Å². The van der Waals surface area contributed by atoms with Crippen molar-refractivity contribution in [2.75, 3.05) is 0 Å². The Labute approximate surface area is 76.4 Å². The maximum atomic E-state index is 12.6. The number of hydrogen-bond donors (Lipinski definition) is 2. The Hall–Kier alpha value is -1.72. The molecule has 0 unspecified atom stereocenters. The second-order valence-corrected chi connectivity index (χ2v) is 2.56. The first-order valence-electron chi connectivity index (χ1n) is 3.50. The Morgan fingerprint density at radius 1 is 1.29 bits per heavy atom. The molecule has 0 saturated heterocycles. The van der Waals surface area contributed by atoms with Crippen molar-refractivity contribution in [3.63, 3.8) is 0 Å². The zero-order valence-corrected chi connectivity index (χ0v) is 6.72. The molecule has 3 nitrogen and oxygen atoms in total. The fraction of sp³-hybridized carbons (Fsp3) is 0.125. The van der Waals surface area contributed by atoms with Gasteiger partial charge in [-0.1, -0.05) is 0 Å². The predicted octanol–water partition coefficient (Wildman–Crippen LogP) is 1.44. The summed E-state index contributed by atoms with van der Waals surface area (Å²) in [5.41, 5.74) is -0.506. The number of carboxylic acids is 1. The molecule has 0 amide bonds. The number of hydrogen-bond acceptors (Lipinski definition) is 2. The highest BCUT2D eigenvalue weighted by molar-refractivity contribution is 5.71. The number of carbonyl (C=O) groups is 1. The number of benzene rings is 1. The van der Waals surface area contributed by atoms with E-state index in [0.717, 1.165) is 0 Å². The predicted molar refractivity (Wildman–Crippen MR) is 39.3 cm³/mol. The van der Waals surface area contributed by atoms with Crippen molar-refractivity contribution in [2.24, 2.45) is 0 Å². The molecule has 0 spiro atoms. The molecule has 0 aliphatic carbocycles. The molecule has 76 valence electrons. The number of halogens is 3. The van der Waals surface area contributed by atoms with Gasteiger partial charge in [0.1, 0.15) is 0 Å². The highest BCUT2D eigenvalue weighted by Crippen LogP contribution is 2.26. The molecule has 1 rings (SSSR count). The van der Waals surface area contributed by atoms with Crippen LogP contribution in [0.2, 0.25) is 0 Å². The first-order chi connectivity index (χ1) is 6.43. The second kappa shape index (κ2) is 3.57. The number of phenolic OH excluding ortho intramolecular Hbond substituents is 1. The van der Waals surface area contributed by atoms with Gasteiger partial charge in [-0.15, -0.1) is 0 Å². The van der Waals surface area contributed by atoms with E-state index in [9.17, 15) is 18.0 Å². The summed E-state index contributed by atoms with van der Waals surface area (Å²) in [6.07, 6.45) is -0.778. The lowest BCUT2D eigenvalue weighted by Crippen LogP contribution is -2.03. The first kappa shape index (κ1) is 10.4. The third-order valence-electron chi connectivity index (χ3n) is 1.56. The number of rotatable bonds is 2. The van der Waals surface area contributed by atoms with Crippen LogP contribution < -0.4 is 0 Å². The Bertz CT molecular complexity index is 390. The minimum atomic E-state index is -1.82. The van der Waals surface area contributed by atoms with Gasteiger partial charge >= 0.3 is 5.97 Å². The number of aromatic hydroxyl groups is 1. The summed E-state index contributed by atoms with van der Waals surface area (Å²) in [7, 11) is 0. The minimum absolute atomic E-state index is 0.446. The van der Waals surface area contributed by atoms with Crippen molar-refractivity contribution in [3.8, 4) is 5.75 Å². The Kier molecular flexibility index (Phi) is 2.64. The molecule has 6 heteroatoms. The van der Waals surface area contributed by atoms with Crippen LogP contribution >= 0.6 is 0 Å². The van der Waals surface area contributed by atoms with Gasteiger partial charge in [0, 0.05) is 5.56 Å². The molecule has 0 aromatic heterocycles. The van der Waals surface area contributed by atoms with Gasteiger partial charge in [-0.05, 0) is 6.07 Å². The number of aliphatic carboxylic acids is 1. The van der Waals surface area contributed by atoms with E-state index < -0.39 is 41.2 Å². The number of carboxylic acid groups (broad SMARTS) is 1. The topological polar surface area (TPSA) is 57.5 Å². The molecule has 1 aromatic rings. The molecule has 0 saturated carbocycles. The summed E-state index contributed by atoms with van der Waals surface area (Å²) in [6.45, 7) is 0. The third-order valence-corrected chi connectivity index (χ3v) is 1.56. The summed E-state index contributed by atoms with van der Waals surface area (Å²) in [4.78, 5) is 10.2. The summed E-state index contributed by atoms with van der Waals surface area (Å²) < 4.78 is 37.6. The summed E-state index contributed by atoms with van der Waals surface area (Å²) in [5, 5.41) is 17.2. The fourth-order valence-electron chi connectivity index (χ4n) is 0.932. The smallest absolute Gasteiger partial charge is 0.307 e. The maximum absolute atomic E-state index is 12.6. The van der Waals surface area contributed by atoms with Crippen molar-refractivity contribution in [1.82, 2.24) is 0 Å². The van der Waals surface area contributed by atoms with Crippen molar-refractivity contribution < 1.29 is 28.2 Å². The van der Waals surface area contributed by atoms with E-state index in [1.165, 1.54) is 0 Å². The Balaban J connectivity index is 3.25. The van der Waals surface area contributed by atoms with Crippen LogP contribution in [0, 0.1) is 17.5 Å². The highest BCUT2D eigenvalue weighted by atomic mass is 19.2. The van der Waals surface area contributed by atoms with Crippen LogP contribution in [0.1, 0.15) is 5.56 Å². The lowest BCUT2D eigenvalue weighted by atomic mass is 10.1. The van der Waals surface area contributed by atoms with Gasteiger partial charge in [0.05, 0.1) is 6.42 Å². The van der Waals surface area contributed by atoms with Crippen LogP contribution in [-0.4, -0.2) is 16.2 Å². The Morgan fingerprint density at radius 2 is 1.86 bits per heavy atom. The lowest BCUT2D eigenvalue weighted by Gasteiger charge is -2.04. The van der Waals surface area contributed by atoms with Crippen molar-refractivity contribution in [2.45, 2.75) is 6.42 Å². The summed E-state index contributed by atoms with van der Waals surface area (Å²) in [6, 6.07) is 0.446. The van der Waals surface area contributed by atoms with Crippen molar-refractivity contribution in [3.05, 3.63) is 29.1 Å². The van der Waals surface area contributed by atoms with Crippen LogP contribution in [0.15, 0.2) is 6.07 Å². The zero-order valence-electron chi connectivity index (χ0n) is 6.72. The summed E-state index contributed by atoms with van der Waals surface area (Å²) in [5.74, 6) is -7.69. The summed E-state index contributed by atoms with van der Waals surface area (Å²) >= 11 is 0. The van der Waals surface area contributed by atoms with E-state index in [0.29, 0.717) is 6.07 Å². The van der Waals surface area contributed by atoms with Crippen LogP contribution in [0.4, 0.5) is 13.2 Å². The third kappa shape index (κ3) is 1.78.